The number of fused-ring (bicyclic) bond motifs is 1. The minimum atomic E-state index is -4.54. The first kappa shape index (κ1) is 17.8. The highest BCUT2D eigenvalue weighted by molar-refractivity contribution is 8.00. The largest absolute Gasteiger partial charge is 0.417 e. The molecular weight excluding hydrogens is 375 g/mol. The van der Waals surface area contributed by atoms with Crippen molar-refractivity contribution in [3.05, 3.63) is 58.1 Å². The van der Waals surface area contributed by atoms with E-state index in [1.165, 1.54) is 12.1 Å². The minimum Gasteiger partial charge on any atom is -0.326 e. The monoisotopic (exact) mass is 385 g/mol. The van der Waals surface area contributed by atoms with Crippen LogP contribution in [0.4, 0.5) is 18.9 Å². The predicted octanol–water partition coefficient (Wildman–Crippen LogP) is 4.83. The summed E-state index contributed by atoms with van der Waals surface area (Å²) in [6.07, 6.45) is -4.33. The van der Waals surface area contributed by atoms with Gasteiger partial charge in [-0.1, -0.05) is 11.6 Å². The molecule has 0 saturated carbocycles. The Bertz CT molecular complexity index is 867. The Labute approximate surface area is 150 Å². The van der Waals surface area contributed by atoms with Crippen molar-refractivity contribution < 1.29 is 22.8 Å². The molecule has 1 heterocycles. The number of anilines is 1. The Kier molecular flexibility index (Phi) is 4.79. The molecule has 0 aliphatic carbocycles. The van der Waals surface area contributed by atoms with Crippen LogP contribution in [0.3, 0.4) is 0 Å². The van der Waals surface area contributed by atoms with Gasteiger partial charge in [0.25, 0.3) is 0 Å². The molecule has 8 heteroatoms. The van der Waals surface area contributed by atoms with Crippen LogP contribution in [0, 0.1) is 0 Å². The fourth-order valence-corrected chi connectivity index (χ4v) is 3.50. The third-order valence-corrected chi connectivity index (χ3v) is 4.99. The molecule has 2 aromatic carbocycles. The first-order chi connectivity index (χ1) is 11.7. The van der Waals surface area contributed by atoms with Crippen LogP contribution in [-0.4, -0.2) is 17.4 Å². The molecule has 25 heavy (non-hydrogen) atoms. The lowest BCUT2D eigenvalue weighted by Crippen LogP contribution is -2.06. The number of carbonyl (C=O) groups is 2. The van der Waals surface area contributed by atoms with Crippen LogP contribution in [0.2, 0.25) is 5.02 Å². The fraction of sp³-hybridized carbons (Fsp3) is 0.176. The molecule has 1 amide bonds. The van der Waals surface area contributed by atoms with E-state index < -0.39 is 11.7 Å². The summed E-state index contributed by atoms with van der Waals surface area (Å²) >= 11 is 6.58. The van der Waals surface area contributed by atoms with E-state index in [9.17, 15) is 22.8 Å². The van der Waals surface area contributed by atoms with Gasteiger partial charge in [-0.15, -0.1) is 11.8 Å². The Morgan fingerprint density at radius 1 is 1.20 bits per heavy atom. The number of thioether (sulfide) groups is 1. The molecule has 0 spiro atoms. The van der Waals surface area contributed by atoms with Gasteiger partial charge in [-0.25, -0.2) is 0 Å². The molecule has 0 fully saturated rings. The molecule has 0 saturated heterocycles. The zero-order valence-electron chi connectivity index (χ0n) is 12.6. The Hall–Kier alpha value is -1.99. The highest BCUT2D eigenvalue weighted by Gasteiger charge is 2.33. The number of amides is 1. The highest BCUT2D eigenvalue weighted by atomic mass is 35.5. The van der Waals surface area contributed by atoms with E-state index in [-0.39, 0.29) is 28.9 Å². The van der Waals surface area contributed by atoms with Gasteiger partial charge < -0.3 is 5.32 Å². The highest BCUT2D eigenvalue weighted by Crippen LogP contribution is 2.37. The molecule has 0 radical (unpaired) electrons. The normalized spacial score (nSPS) is 13.5. The van der Waals surface area contributed by atoms with Crippen molar-refractivity contribution >= 4 is 40.7 Å². The number of carbonyl (C=O) groups excluding carboxylic acids is 2. The van der Waals surface area contributed by atoms with E-state index in [4.69, 9.17) is 11.6 Å². The molecule has 1 aliphatic heterocycles. The molecule has 0 atom stereocenters. The van der Waals surface area contributed by atoms with E-state index in [2.05, 4.69) is 5.32 Å². The van der Waals surface area contributed by atoms with Gasteiger partial charge in [-0.2, -0.15) is 13.2 Å². The average Bonchev–Trinajstić information content (AvgIpc) is 2.91. The second kappa shape index (κ2) is 6.72. The van der Waals surface area contributed by atoms with Crippen molar-refractivity contribution in [1.29, 1.82) is 0 Å². The van der Waals surface area contributed by atoms with Crippen LogP contribution in [0.15, 0.2) is 41.3 Å². The van der Waals surface area contributed by atoms with Gasteiger partial charge in [0.05, 0.1) is 22.8 Å². The summed E-state index contributed by atoms with van der Waals surface area (Å²) < 4.78 is 38.6. The quantitative estimate of drug-likeness (QED) is 0.605. The third kappa shape index (κ3) is 3.99. The standard InChI is InChI=1S/C17H11ClF3NO2S/c18-13-3-2-11(7-12(13)17(19,20)21)25-8-15(23)9-1-4-14-10(5-9)6-16(24)22-14/h1-5,7H,6,8H2,(H,22,24). The van der Waals surface area contributed by atoms with Crippen LogP contribution >= 0.6 is 23.4 Å². The molecule has 3 nitrogen and oxygen atoms in total. The van der Waals surface area contributed by atoms with E-state index in [1.807, 2.05) is 0 Å². The van der Waals surface area contributed by atoms with Gasteiger partial charge in [0, 0.05) is 16.1 Å². The van der Waals surface area contributed by atoms with Crippen molar-refractivity contribution in [3.8, 4) is 0 Å². The van der Waals surface area contributed by atoms with Crippen LogP contribution in [0.1, 0.15) is 21.5 Å². The number of Topliss-reactive ketones (excluding diaryl/α,β-unsaturated/α-hetero) is 1. The van der Waals surface area contributed by atoms with E-state index in [1.54, 1.807) is 18.2 Å². The zero-order chi connectivity index (χ0) is 18.2. The summed E-state index contributed by atoms with van der Waals surface area (Å²) in [7, 11) is 0. The minimum absolute atomic E-state index is 0.0148. The molecule has 130 valence electrons. The maximum atomic E-state index is 12.9. The summed E-state index contributed by atoms with van der Waals surface area (Å²) in [5, 5.41) is 2.30. The van der Waals surface area contributed by atoms with Crippen molar-refractivity contribution in [3.63, 3.8) is 0 Å². The van der Waals surface area contributed by atoms with Gasteiger partial charge in [0.1, 0.15) is 0 Å². The van der Waals surface area contributed by atoms with Crippen molar-refractivity contribution in [2.45, 2.75) is 17.5 Å². The predicted molar refractivity (Wildman–Crippen MR) is 90.3 cm³/mol. The topological polar surface area (TPSA) is 46.2 Å². The molecule has 0 unspecified atom stereocenters. The summed E-state index contributed by atoms with van der Waals surface area (Å²) in [5.41, 5.74) is 0.926. The lowest BCUT2D eigenvalue weighted by Gasteiger charge is -2.10. The molecule has 1 N–H and O–H groups in total. The van der Waals surface area contributed by atoms with Crippen LogP contribution < -0.4 is 5.32 Å². The lowest BCUT2D eigenvalue weighted by atomic mass is 10.1. The van der Waals surface area contributed by atoms with E-state index in [0.29, 0.717) is 16.1 Å². The zero-order valence-corrected chi connectivity index (χ0v) is 14.2. The molecule has 2 aromatic rings. The van der Waals surface area contributed by atoms with Crippen molar-refractivity contribution in [1.82, 2.24) is 0 Å². The molecule has 0 aromatic heterocycles. The van der Waals surface area contributed by atoms with E-state index >= 15 is 0 Å². The van der Waals surface area contributed by atoms with Crippen LogP contribution in [-0.2, 0) is 17.4 Å². The SMILES string of the molecule is O=C1Cc2cc(C(=O)CSc3ccc(Cl)c(C(F)(F)F)c3)ccc2N1. The molecular formula is C17H11ClF3NO2S. The Balaban J connectivity index is 1.71. The summed E-state index contributed by atoms with van der Waals surface area (Å²) in [4.78, 5) is 23.9. The van der Waals surface area contributed by atoms with Gasteiger partial charge >= 0.3 is 6.18 Å². The summed E-state index contributed by atoms with van der Waals surface area (Å²) in [6, 6.07) is 8.44. The number of hydrogen-bond donors (Lipinski definition) is 1. The lowest BCUT2D eigenvalue weighted by molar-refractivity contribution is -0.137. The Morgan fingerprint density at radius 2 is 1.96 bits per heavy atom. The second-order valence-electron chi connectivity index (χ2n) is 5.45. The first-order valence-corrected chi connectivity index (χ1v) is 8.56. The summed E-state index contributed by atoms with van der Waals surface area (Å²) in [5.74, 6) is -0.371. The second-order valence-corrected chi connectivity index (χ2v) is 6.90. The van der Waals surface area contributed by atoms with E-state index in [0.717, 1.165) is 23.4 Å². The number of halogens is 4. The van der Waals surface area contributed by atoms with Gasteiger partial charge in [-0.05, 0) is 42.0 Å². The number of rotatable bonds is 4. The van der Waals surface area contributed by atoms with Crippen molar-refractivity contribution in [2.24, 2.45) is 0 Å². The number of alkyl halides is 3. The van der Waals surface area contributed by atoms with Gasteiger partial charge in [0.2, 0.25) is 5.91 Å². The summed E-state index contributed by atoms with van der Waals surface area (Å²) in [6.45, 7) is 0. The first-order valence-electron chi connectivity index (χ1n) is 7.19. The van der Waals surface area contributed by atoms with Crippen LogP contribution in [0.5, 0.6) is 0 Å². The smallest absolute Gasteiger partial charge is 0.326 e. The average molecular weight is 386 g/mol. The maximum Gasteiger partial charge on any atom is 0.417 e. The number of benzene rings is 2. The number of ketones is 1. The Morgan fingerprint density at radius 3 is 2.68 bits per heavy atom. The number of hydrogen-bond acceptors (Lipinski definition) is 3. The van der Waals surface area contributed by atoms with Gasteiger partial charge in [0.15, 0.2) is 5.78 Å². The molecule has 0 bridgehead atoms. The number of nitrogens with one attached hydrogen (secondary N) is 1. The molecule has 3 rings (SSSR count). The van der Waals surface area contributed by atoms with Gasteiger partial charge in [-0.3, -0.25) is 9.59 Å². The van der Waals surface area contributed by atoms with Crippen molar-refractivity contribution in [2.75, 3.05) is 11.1 Å². The maximum absolute atomic E-state index is 12.9. The fourth-order valence-electron chi connectivity index (χ4n) is 2.45. The molecule has 1 aliphatic rings. The third-order valence-electron chi connectivity index (χ3n) is 3.67. The van der Waals surface area contributed by atoms with Crippen LogP contribution in [0.25, 0.3) is 0 Å².